The topological polar surface area (TPSA) is 42.7 Å². The number of aromatic nitrogens is 3. The first-order valence-corrected chi connectivity index (χ1v) is 7.88. The standard InChI is InChI=1S/C19H22N4/c1-14(2)9-11-20-19-18-17(21-15(3)22-19)10-12-23(18)13-16-7-5-4-6-8-16/h4-10,12H,11,13H2,1-3H3,(H,20,21,22). The summed E-state index contributed by atoms with van der Waals surface area (Å²) in [5.41, 5.74) is 4.59. The van der Waals surface area contributed by atoms with Gasteiger partial charge in [0.05, 0.1) is 5.52 Å². The molecule has 0 saturated carbocycles. The predicted molar refractivity (Wildman–Crippen MR) is 95.7 cm³/mol. The summed E-state index contributed by atoms with van der Waals surface area (Å²) in [6.07, 6.45) is 4.24. The van der Waals surface area contributed by atoms with Crippen LogP contribution in [0.4, 0.5) is 5.82 Å². The van der Waals surface area contributed by atoms with Crippen molar-refractivity contribution in [3.8, 4) is 0 Å². The van der Waals surface area contributed by atoms with Gasteiger partial charge in [-0.05, 0) is 32.4 Å². The third-order valence-corrected chi connectivity index (χ3v) is 3.70. The molecule has 0 aliphatic heterocycles. The van der Waals surface area contributed by atoms with Gasteiger partial charge >= 0.3 is 0 Å². The van der Waals surface area contributed by atoms with E-state index in [0.29, 0.717) is 0 Å². The molecule has 4 heteroatoms. The minimum atomic E-state index is 0.768. The van der Waals surface area contributed by atoms with E-state index < -0.39 is 0 Å². The molecule has 0 unspecified atom stereocenters. The molecule has 1 aromatic carbocycles. The molecule has 3 aromatic rings. The lowest BCUT2D eigenvalue weighted by molar-refractivity contribution is 0.833. The lowest BCUT2D eigenvalue weighted by atomic mass is 10.2. The maximum absolute atomic E-state index is 4.60. The molecule has 4 nitrogen and oxygen atoms in total. The van der Waals surface area contributed by atoms with Crippen molar-refractivity contribution in [3.63, 3.8) is 0 Å². The summed E-state index contributed by atoms with van der Waals surface area (Å²) in [6, 6.07) is 12.5. The van der Waals surface area contributed by atoms with E-state index >= 15 is 0 Å². The molecule has 0 atom stereocenters. The third-order valence-electron chi connectivity index (χ3n) is 3.70. The van der Waals surface area contributed by atoms with Gasteiger partial charge in [0.2, 0.25) is 0 Å². The van der Waals surface area contributed by atoms with Crippen LogP contribution in [0, 0.1) is 6.92 Å². The number of fused-ring (bicyclic) bond motifs is 1. The molecular formula is C19H22N4. The normalized spacial score (nSPS) is 10.7. The zero-order valence-corrected chi connectivity index (χ0v) is 13.9. The van der Waals surface area contributed by atoms with Crippen LogP contribution in [-0.2, 0) is 6.54 Å². The zero-order chi connectivity index (χ0) is 16.2. The van der Waals surface area contributed by atoms with Crippen LogP contribution in [-0.4, -0.2) is 21.1 Å². The highest BCUT2D eigenvalue weighted by atomic mass is 15.1. The fourth-order valence-corrected chi connectivity index (χ4v) is 2.61. The zero-order valence-electron chi connectivity index (χ0n) is 13.9. The van der Waals surface area contributed by atoms with Gasteiger partial charge in [0, 0.05) is 19.3 Å². The molecule has 0 aliphatic carbocycles. The molecular weight excluding hydrogens is 284 g/mol. The van der Waals surface area contributed by atoms with E-state index in [-0.39, 0.29) is 0 Å². The van der Waals surface area contributed by atoms with Crippen LogP contribution in [0.1, 0.15) is 25.2 Å². The Morgan fingerprint density at radius 2 is 1.91 bits per heavy atom. The summed E-state index contributed by atoms with van der Waals surface area (Å²) in [5.74, 6) is 1.68. The highest BCUT2D eigenvalue weighted by Crippen LogP contribution is 2.22. The van der Waals surface area contributed by atoms with Crippen LogP contribution in [0.2, 0.25) is 0 Å². The minimum Gasteiger partial charge on any atom is -0.365 e. The van der Waals surface area contributed by atoms with Crippen LogP contribution in [0.5, 0.6) is 0 Å². The van der Waals surface area contributed by atoms with Gasteiger partial charge in [-0.2, -0.15) is 0 Å². The molecule has 118 valence electrons. The molecule has 1 N–H and O–H groups in total. The van der Waals surface area contributed by atoms with Crippen molar-refractivity contribution in [2.45, 2.75) is 27.3 Å². The van der Waals surface area contributed by atoms with Gasteiger partial charge in [0.1, 0.15) is 11.3 Å². The van der Waals surface area contributed by atoms with Crippen molar-refractivity contribution in [2.75, 3.05) is 11.9 Å². The summed E-state index contributed by atoms with van der Waals surface area (Å²) < 4.78 is 2.20. The maximum Gasteiger partial charge on any atom is 0.154 e. The molecule has 0 fully saturated rings. The van der Waals surface area contributed by atoms with Crippen molar-refractivity contribution in [3.05, 3.63) is 65.6 Å². The van der Waals surface area contributed by atoms with Crippen molar-refractivity contribution in [1.82, 2.24) is 14.5 Å². The molecule has 0 spiro atoms. The van der Waals surface area contributed by atoms with Gasteiger partial charge in [0.15, 0.2) is 5.82 Å². The number of nitrogens with one attached hydrogen (secondary N) is 1. The number of nitrogens with zero attached hydrogens (tertiary/aromatic N) is 3. The Morgan fingerprint density at radius 1 is 1.13 bits per heavy atom. The van der Waals surface area contributed by atoms with Gasteiger partial charge in [0.25, 0.3) is 0 Å². The molecule has 2 heterocycles. The lowest BCUT2D eigenvalue weighted by Crippen LogP contribution is -2.07. The quantitative estimate of drug-likeness (QED) is 0.720. The SMILES string of the molecule is CC(C)=CCNc1nc(C)nc2ccn(Cc3ccccc3)c12. The first-order chi connectivity index (χ1) is 11.1. The number of rotatable bonds is 5. The Hall–Kier alpha value is -2.62. The van der Waals surface area contributed by atoms with Crippen LogP contribution in [0.3, 0.4) is 0 Å². The van der Waals surface area contributed by atoms with Gasteiger partial charge < -0.3 is 9.88 Å². The first-order valence-electron chi connectivity index (χ1n) is 7.88. The lowest BCUT2D eigenvalue weighted by Gasteiger charge is -2.11. The van der Waals surface area contributed by atoms with Crippen LogP contribution >= 0.6 is 0 Å². The van der Waals surface area contributed by atoms with Gasteiger partial charge in [-0.15, -0.1) is 0 Å². The van der Waals surface area contributed by atoms with Gasteiger partial charge in [-0.1, -0.05) is 42.0 Å². The number of hydrogen-bond acceptors (Lipinski definition) is 3. The van der Waals surface area contributed by atoms with E-state index in [1.165, 1.54) is 11.1 Å². The summed E-state index contributed by atoms with van der Waals surface area (Å²) in [5, 5.41) is 3.42. The number of aryl methyl sites for hydroxylation is 1. The molecule has 0 radical (unpaired) electrons. The first kappa shape index (κ1) is 15.3. The second-order valence-electron chi connectivity index (χ2n) is 5.94. The number of benzene rings is 1. The van der Waals surface area contributed by atoms with Crippen LogP contribution < -0.4 is 5.32 Å². The van der Waals surface area contributed by atoms with E-state index in [0.717, 1.165) is 35.8 Å². The molecule has 0 aliphatic rings. The molecule has 0 amide bonds. The van der Waals surface area contributed by atoms with Crippen molar-refractivity contribution in [1.29, 1.82) is 0 Å². The van der Waals surface area contributed by atoms with Crippen LogP contribution in [0.15, 0.2) is 54.2 Å². The molecule has 3 rings (SSSR count). The van der Waals surface area contributed by atoms with E-state index in [1.54, 1.807) is 0 Å². The van der Waals surface area contributed by atoms with E-state index in [9.17, 15) is 0 Å². The molecule has 0 saturated heterocycles. The average molecular weight is 306 g/mol. The van der Waals surface area contributed by atoms with E-state index in [1.807, 2.05) is 13.0 Å². The van der Waals surface area contributed by atoms with E-state index in [2.05, 4.69) is 76.3 Å². The summed E-state index contributed by atoms with van der Waals surface area (Å²) in [6.45, 7) is 7.71. The molecule has 2 aromatic heterocycles. The van der Waals surface area contributed by atoms with Gasteiger partial charge in [-0.3, -0.25) is 0 Å². The van der Waals surface area contributed by atoms with Gasteiger partial charge in [-0.25, -0.2) is 9.97 Å². The Balaban J connectivity index is 1.97. The van der Waals surface area contributed by atoms with Crippen molar-refractivity contribution < 1.29 is 0 Å². The molecule has 23 heavy (non-hydrogen) atoms. The minimum absolute atomic E-state index is 0.768. The highest BCUT2D eigenvalue weighted by Gasteiger charge is 2.10. The second kappa shape index (κ2) is 6.65. The Kier molecular flexibility index (Phi) is 4.42. The summed E-state index contributed by atoms with van der Waals surface area (Å²) in [4.78, 5) is 9.15. The smallest absolute Gasteiger partial charge is 0.154 e. The van der Waals surface area contributed by atoms with Crippen molar-refractivity contribution >= 4 is 16.9 Å². The maximum atomic E-state index is 4.60. The third kappa shape index (κ3) is 3.59. The van der Waals surface area contributed by atoms with Crippen molar-refractivity contribution in [2.24, 2.45) is 0 Å². The summed E-state index contributed by atoms with van der Waals surface area (Å²) >= 11 is 0. The fourth-order valence-electron chi connectivity index (χ4n) is 2.61. The second-order valence-corrected chi connectivity index (χ2v) is 5.94. The molecule has 0 bridgehead atoms. The van der Waals surface area contributed by atoms with E-state index in [4.69, 9.17) is 0 Å². The largest absolute Gasteiger partial charge is 0.365 e. The average Bonchev–Trinajstić information content (AvgIpc) is 2.90. The number of hydrogen-bond donors (Lipinski definition) is 1. The summed E-state index contributed by atoms with van der Waals surface area (Å²) in [7, 11) is 0. The Labute approximate surface area is 136 Å². The highest BCUT2D eigenvalue weighted by molar-refractivity contribution is 5.86. The number of allylic oxidation sites excluding steroid dienone is 1. The monoisotopic (exact) mass is 306 g/mol. The Morgan fingerprint density at radius 3 is 2.65 bits per heavy atom. The predicted octanol–water partition coefficient (Wildman–Crippen LogP) is 4.17. The Bertz CT molecular complexity index is 827. The van der Waals surface area contributed by atoms with Crippen LogP contribution in [0.25, 0.3) is 11.0 Å². The fraction of sp³-hybridized carbons (Fsp3) is 0.263. The number of anilines is 1.